The van der Waals surface area contributed by atoms with Gasteiger partial charge in [0.05, 0.1) is 11.4 Å². The van der Waals surface area contributed by atoms with Crippen molar-refractivity contribution in [3.63, 3.8) is 0 Å². The molecule has 3 heteroatoms. The van der Waals surface area contributed by atoms with E-state index in [-0.39, 0.29) is 0 Å². The molecule has 0 bridgehead atoms. The zero-order valence-electron chi connectivity index (χ0n) is 13.0. The summed E-state index contributed by atoms with van der Waals surface area (Å²) in [6.45, 7) is 9.01. The highest BCUT2D eigenvalue weighted by molar-refractivity contribution is 5.15. The molecule has 1 aromatic heterocycles. The van der Waals surface area contributed by atoms with E-state index in [0.29, 0.717) is 0 Å². The van der Waals surface area contributed by atoms with Crippen LogP contribution in [0.1, 0.15) is 30.8 Å². The number of hydrogen-bond donors (Lipinski definition) is 1. The van der Waals surface area contributed by atoms with Crippen LogP contribution in [0.5, 0.6) is 0 Å². The predicted molar refractivity (Wildman–Crippen MR) is 87.8 cm³/mol. The van der Waals surface area contributed by atoms with Crippen LogP contribution < -0.4 is 5.32 Å². The minimum atomic E-state index is 0.842. The molecule has 0 radical (unpaired) electrons. The number of rotatable bonds is 8. The van der Waals surface area contributed by atoms with Crippen LogP contribution >= 0.6 is 0 Å². The molecule has 2 aromatic rings. The number of hydrogen-bond acceptors (Lipinski definition) is 3. The average Bonchev–Trinajstić information content (AvgIpc) is 2.53. The summed E-state index contributed by atoms with van der Waals surface area (Å²) in [6.07, 6.45) is 0. The fourth-order valence-electron chi connectivity index (χ4n) is 2.32. The molecule has 1 heterocycles. The van der Waals surface area contributed by atoms with Gasteiger partial charge >= 0.3 is 0 Å². The summed E-state index contributed by atoms with van der Waals surface area (Å²) < 4.78 is 0. The second-order valence-corrected chi connectivity index (χ2v) is 5.19. The number of benzene rings is 1. The molecule has 0 unspecified atom stereocenters. The molecule has 0 aliphatic rings. The Bertz CT molecular complexity index is 525. The molecule has 21 heavy (non-hydrogen) atoms. The molecule has 112 valence electrons. The van der Waals surface area contributed by atoms with Gasteiger partial charge in [-0.3, -0.25) is 9.88 Å². The monoisotopic (exact) mass is 283 g/mol. The van der Waals surface area contributed by atoms with Crippen LogP contribution in [0.2, 0.25) is 0 Å². The Balaban J connectivity index is 1.98. The zero-order valence-corrected chi connectivity index (χ0v) is 13.0. The van der Waals surface area contributed by atoms with Crippen LogP contribution in [0, 0.1) is 0 Å². The van der Waals surface area contributed by atoms with Crippen molar-refractivity contribution in [1.82, 2.24) is 15.2 Å². The smallest absolute Gasteiger partial charge is 0.0547 e. The fourth-order valence-corrected chi connectivity index (χ4v) is 2.32. The summed E-state index contributed by atoms with van der Waals surface area (Å²) in [5, 5.41) is 3.32. The van der Waals surface area contributed by atoms with E-state index >= 15 is 0 Å². The SMILES string of the molecule is CCNCc1cccc(CN(CC)Cc2ccccc2)n1. The van der Waals surface area contributed by atoms with Gasteiger partial charge in [-0.15, -0.1) is 0 Å². The van der Waals surface area contributed by atoms with E-state index in [1.54, 1.807) is 0 Å². The van der Waals surface area contributed by atoms with Gasteiger partial charge in [0.2, 0.25) is 0 Å². The average molecular weight is 283 g/mol. The summed E-state index contributed by atoms with van der Waals surface area (Å²) in [5.74, 6) is 0. The van der Waals surface area contributed by atoms with Crippen molar-refractivity contribution in [3.8, 4) is 0 Å². The molecule has 1 aromatic carbocycles. The normalized spacial score (nSPS) is 11.0. The second-order valence-electron chi connectivity index (χ2n) is 5.19. The Morgan fingerprint density at radius 1 is 0.905 bits per heavy atom. The van der Waals surface area contributed by atoms with Gasteiger partial charge in [-0.25, -0.2) is 0 Å². The first-order valence-electron chi connectivity index (χ1n) is 7.73. The Hall–Kier alpha value is -1.71. The number of nitrogens with one attached hydrogen (secondary N) is 1. The summed E-state index contributed by atoms with van der Waals surface area (Å²) in [7, 11) is 0. The third kappa shape index (κ3) is 5.29. The topological polar surface area (TPSA) is 28.2 Å². The van der Waals surface area contributed by atoms with Crippen molar-refractivity contribution in [2.45, 2.75) is 33.5 Å². The maximum absolute atomic E-state index is 4.74. The van der Waals surface area contributed by atoms with Crippen LogP contribution in [0.25, 0.3) is 0 Å². The lowest BCUT2D eigenvalue weighted by molar-refractivity contribution is 0.268. The number of pyridine rings is 1. The van der Waals surface area contributed by atoms with Gasteiger partial charge in [0.1, 0.15) is 0 Å². The standard InChI is InChI=1S/C18H25N3/c1-3-19-13-17-11-8-12-18(20-17)15-21(4-2)14-16-9-6-5-7-10-16/h5-12,19H,3-4,13-15H2,1-2H3. The largest absolute Gasteiger partial charge is 0.311 e. The van der Waals surface area contributed by atoms with Gasteiger partial charge < -0.3 is 5.32 Å². The highest BCUT2D eigenvalue weighted by atomic mass is 15.1. The summed E-state index contributed by atoms with van der Waals surface area (Å²) >= 11 is 0. The van der Waals surface area contributed by atoms with Crippen LogP contribution in [-0.4, -0.2) is 23.0 Å². The van der Waals surface area contributed by atoms with E-state index < -0.39 is 0 Å². The van der Waals surface area contributed by atoms with E-state index in [0.717, 1.165) is 44.1 Å². The second kappa shape index (κ2) is 8.55. The first kappa shape index (κ1) is 15.7. The molecule has 0 spiro atoms. The molecule has 0 saturated heterocycles. The Morgan fingerprint density at radius 3 is 2.38 bits per heavy atom. The van der Waals surface area contributed by atoms with E-state index in [1.165, 1.54) is 5.56 Å². The van der Waals surface area contributed by atoms with E-state index in [1.807, 2.05) is 0 Å². The Labute approximate surface area is 128 Å². The Morgan fingerprint density at radius 2 is 1.67 bits per heavy atom. The number of nitrogens with zero attached hydrogens (tertiary/aromatic N) is 2. The first-order valence-corrected chi connectivity index (χ1v) is 7.73. The van der Waals surface area contributed by atoms with Crippen LogP contribution in [0.3, 0.4) is 0 Å². The minimum Gasteiger partial charge on any atom is -0.311 e. The van der Waals surface area contributed by atoms with Crippen molar-refractivity contribution in [2.75, 3.05) is 13.1 Å². The molecule has 0 aliphatic carbocycles. The summed E-state index contributed by atoms with van der Waals surface area (Å²) in [6, 6.07) is 16.9. The molecule has 0 amide bonds. The number of aromatic nitrogens is 1. The maximum Gasteiger partial charge on any atom is 0.0547 e. The lowest BCUT2D eigenvalue weighted by Gasteiger charge is -2.20. The van der Waals surface area contributed by atoms with Crippen molar-refractivity contribution < 1.29 is 0 Å². The van der Waals surface area contributed by atoms with Crippen LogP contribution in [0.15, 0.2) is 48.5 Å². The highest BCUT2D eigenvalue weighted by Crippen LogP contribution is 2.09. The van der Waals surface area contributed by atoms with Gasteiger partial charge in [0, 0.05) is 19.6 Å². The molecular formula is C18H25N3. The fraction of sp³-hybridized carbons (Fsp3) is 0.389. The third-order valence-electron chi connectivity index (χ3n) is 3.50. The molecule has 0 atom stereocenters. The molecule has 3 nitrogen and oxygen atoms in total. The van der Waals surface area contributed by atoms with Gasteiger partial charge in [-0.2, -0.15) is 0 Å². The lowest BCUT2D eigenvalue weighted by Crippen LogP contribution is -2.23. The van der Waals surface area contributed by atoms with Crippen LogP contribution in [0.4, 0.5) is 0 Å². The zero-order chi connectivity index (χ0) is 14.9. The van der Waals surface area contributed by atoms with Gasteiger partial charge in [-0.1, -0.05) is 50.2 Å². The van der Waals surface area contributed by atoms with Gasteiger partial charge in [-0.05, 0) is 30.8 Å². The molecule has 0 saturated carbocycles. The maximum atomic E-state index is 4.74. The quantitative estimate of drug-likeness (QED) is 0.806. The van der Waals surface area contributed by atoms with Gasteiger partial charge in [0.25, 0.3) is 0 Å². The minimum absolute atomic E-state index is 0.842. The van der Waals surface area contributed by atoms with Crippen molar-refractivity contribution >= 4 is 0 Å². The lowest BCUT2D eigenvalue weighted by atomic mass is 10.2. The summed E-state index contributed by atoms with van der Waals surface area (Å²) in [4.78, 5) is 7.15. The van der Waals surface area contributed by atoms with E-state index in [2.05, 4.69) is 72.6 Å². The molecule has 1 N–H and O–H groups in total. The third-order valence-corrected chi connectivity index (χ3v) is 3.50. The van der Waals surface area contributed by atoms with Crippen molar-refractivity contribution in [1.29, 1.82) is 0 Å². The summed E-state index contributed by atoms with van der Waals surface area (Å²) in [5.41, 5.74) is 3.61. The van der Waals surface area contributed by atoms with E-state index in [4.69, 9.17) is 4.98 Å². The Kier molecular flexibility index (Phi) is 6.38. The van der Waals surface area contributed by atoms with Crippen LogP contribution in [-0.2, 0) is 19.6 Å². The van der Waals surface area contributed by atoms with E-state index in [9.17, 15) is 0 Å². The predicted octanol–water partition coefficient (Wildman–Crippen LogP) is 3.21. The molecule has 2 rings (SSSR count). The van der Waals surface area contributed by atoms with Gasteiger partial charge in [0.15, 0.2) is 0 Å². The first-order chi connectivity index (χ1) is 10.3. The molecule has 0 aliphatic heterocycles. The molecular weight excluding hydrogens is 258 g/mol. The molecule has 0 fully saturated rings. The van der Waals surface area contributed by atoms with Crippen molar-refractivity contribution in [2.24, 2.45) is 0 Å². The highest BCUT2D eigenvalue weighted by Gasteiger charge is 2.06. The van der Waals surface area contributed by atoms with Crippen molar-refractivity contribution in [3.05, 3.63) is 65.5 Å².